The van der Waals surface area contributed by atoms with Crippen LogP contribution in [0, 0.1) is 5.92 Å². The van der Waals surface area contributed by atoms with Gasteiger partial charge in [0.1, 0.15) is 0 Å². The quantitative estimate of drug-likeness (QED) is 0.762. The molecule has 0 aromatic rings. The summed E-state index contributed by atoms with van der Waals surface area (Å²) in [4.78, 5) is 23.3. The average molecular weight is 269 g/mol. The van der Waals surface area contributed by atoms with Crippen molar-refractivity contribution < 1.29 is 19.4 Å². The van der Waals surface area contributed by atoms with Crippen LogP contribution in [0.2, 0.25) is 0 Å². The van der Waals surface area contributed by atoms with E-state index in [1.54, 1.807) is 0 Å². The van der Waals surface area contributed by atoms with Gasteiger partial charge in [-0.3, -0.25) is 9.59 Å². The molecule has 2 rings (SSSR count). The number of rotatable bonds is 4. The number of carbonyl (C=O) groups excluding carboxylic acids is 1. The minimum Gasteiger partial charge on any atom is -0.481 e. The van der Waals surface area contributed by atoms with Gasteiger partial charge in [-0.25, -0.2) is 0 Å². The van der Waals surface area contributed by atoms with Gasteiger partial charge in [0.25, 0.3) is 0 Å². The topological polar surface area (TPSA) is 75.6 Å². The first-order chi connectivity index (χ1) is 9.11. The summed E-state index contributed by atoms with van der Waals surface area (Å²) in [6.45, 7) is 0.843. The summed E-state index contributed by atoms with van der Waals surface area (Å²) < 4.78 is 5.30. The Bertz CT molecular complexity index is 328. The molecule has 2 aliphatic rings. The fraction of sp³-hybridized carbons (Fsp3) is 0.857. The summed E-state index contributed by atoms with van der Waals surface area (Å²) in [5, 5.41) is 12.0. The lowest BCUT2D eigenvalue weighted by molar-refractivity contribution is -0.139. The SMILES string of the molecule is O=C(O)CC1(NC(=O)C2CCCCCC2)CCOC1. The molecule has 0 bridgehead atoms. The zero-order valence-electron chi connectivity index (χ0n) is 11.3. The highest BCUT2D eigenvalue weighted by molar-refractivity contribution is 5.80. The minimum absolute atomic E-state index is 0.0219. The van der Waals surface area contributed by atoms with E-state index in [1.165, 1.54) is 12.8 Å². The number of hydrogen-bond donors (Lipinski definition) is 2. The number of carbonyl (C=O) groups is 2. The predicted molar refractivity (Wildman–Crippen MR) is 69.8 cm³/mol. The van der Waals surface area contributed by atoms with Crippen molar-refractivity contribution in [1.29, 1.82) is 0 Å². The van der Waals surface area contributed by atoms with Crippen molar-refractivity contribution in [2.24, 2.45) is 5.92 Å². The molecule has 1 amide bonds. The molecule has 1 unspecified atom stereocenters. The molecule has 5 heteroatoms. The molecular formula is C14H23NO4. The van der Waals surface area contributed by atoms with Crippen molar-refractivity contribution in [2.75, 3.05) is 13.2 Å². The van der Waals surface area contributed by atoms with Gasteiger partial charge in [0.15, 0.2) is 0 Å². The molecule has 108 valence electrons. The molecule has 1 heterocycles. The van der Waals surface area contributed by atoms with Crippen molar-refractivity contribution in [3.8, 4) is 0 Å². The van der Waals surface area contributed by atoms with Crippen LogP contribution in [-0.4, -0.2) is 35.7 Å². The first-order valence-electron chi connectivity index (χ1n) is 7.23. The highest BCUT2D eigenvalue weighted by Crippen LogP contribution is 2.27. The molecule has 1 aliphatic heterocycles. The lowest BCUT2D eigenvalue weighted by Crippen LogP contribution is -2.52. The lowest BCUT2D eigenvalue weighted by atomic mass is 9.91. The lowest BCUT2D eigenvalue weighted by Gasteiger charge is -2.29. The van der Waals surface area contributed by atoms with Crippen LogP contribution in [0.3, 0.4) is 0 Å². The molecule has 1 aliphatic carbocycles. The molecule has 19 heavy (non-hydrogen) atoms. The van der Waals surface area contributed by atoms with Gasteiger partial charge >= 0.3 is 5.97 Å². The molecule has 1 saturated carbocycles. The molecule has 0 aromatic heterocycles. The second-order valence-electron chi connectivity index (χ2n) is 5.83. The summed E-state index contributed by atoms with van der Waals surface area (Å²) in [5.41, 5.74) is -0.685. The first-order valence-corrected chi connectivity index (χ1v) is 7.23. The van der Waals surface area contributed by atoms with Gasteiger partial charge in [0.2, 0.25) is 5.91 Å². The number of hydrogen-bond acceptors (Lipinski definition) is 3. The Morgan fingerprint density at radius 3 is 2.42 bits per heavy atom. The van der Waals surface area contributed by atoms with E-state index in [0.29, 0.717) is 19.6 Å². The Balaban J connectivity index is 1.96. The maximum absolute atomic E-state index is 12.3. The molecule has 1 atom stereocenters. The summed E-state index contributed by atoms with van der Waals surface area (Å²) >= 11 is 0. The Kier molecular flexibility index (Phi) is 4.80. The summed E-state index contributed by atoms with van der Waals surface area (Å²) in [5.74, 6) is -0.811. The van der Waals surface area contributed by atoms with Crippen LogP contribution in [0.4, 0.5) is 0 Å². The van der Waals surface area contributed by atoms with E-state index in [1.807, 2.05) is 0 Å². The zero-order valence-corrected chi connectivity index (χ0v) is 11.3. The van der Waals surface area contributed by atoms with Crippen molar-refractivity contribution in [3.05, 3.63) is 0 Å². The van der Waals surface area contributed by atoms with Crippen LogP contribution in [0.25, 0.3) is 0 Å². The minimum atomic E-state index is -0.883. The predicted octanol–water partition coefficient (Wildman–Crippen LogP) is 1.71. The van der Waals surface area contributed by atoms with E-state index < -0.39 is 11.5 Å². The third kappa shape index (κ3) is 3.93. The second kappa shape index (κ2) is 6.37. The van der Waals surface area contributed by atoms with Gasteiger partial charge in [-0.05, 0) is 19.3 Å². The van der Waals surface area contributed by atoms with Crippen molar-refractivity contribution >= 4 is 11.9 Å². The largest absolute Gasteiger partial charge is 0.481 e. The molecular weight excluding hydrogens is 246 g/mol. The molecule has 5 nitrogen and oxygen atoms in total. The Morgan fingerprint density at radius 1 is 1.21 bits per heavy atom. The van der Waals surface area contributed by atoms with E-state index in [4.69, 9.17) is 9.84 Å². The van der Waals surface area contributed by atoms with Gasteiger partial charge in [-0.1, -0.05) is 25.7 Å². The van der Waals surface area contributed by atoms with Crippen molar-refractivity contribution in [1.82, 2.24) is 5.32 Å². The van der Waals surface area contributed by atoms with Crippen molar-refractivity contribution in [3.63, 3.8) is 0 Å². The summed E-state index contributed by atoms with van der Waals surface area (Å²) in [6, 6.07) is 0. The standard InChI is InChI=1S/C14H23NO4/c16-12(17)9-14(7-8-19-10-14)15-13(18)11-5-3-1-2-4-6-11/h11H,1-10H2,(H,15,18)(H,16,17). The van der Waals surface area contributed by atoms with E-state index >= 15 is 0 Å². The van der Waals surface area contributed by atoms with Gasteiger partial charge in [-0.2, -0.15) is 0 Å². The van der Waals surface area contributed by atoms with E-state index in [0.717, 1.165) is 25.7 Å². The number of nitrogens with one attached hydrogen (secondary N) is 1. The van der Waals surface area contributed by atoms with Gasteiger partial charge in [0.05, 0.1) is 18.6 Å². The number of amides is 1. The number of ether oxygens (including phenoxy) is 1. The summed E-state index contributed by atoms with van der Waals surface area (Å²) in [6.07, 6.45) is 7.00. The zero-order chi connectivity index (χ0) is 13.7. The van der Waals surface area contributed by atoms with E-state index in [-0.39, 0.29) is 18.2 Å². The molecule has 2 N–H and O–H groups in total. The second-order valence-corrected chi connectivity index (χ2v) is 5.83. The molecule has 2 fully saturated rings. The highest BCUT2D eigenvalue weighted by atomic mass is 16.5. The monoisotopic (exact) mass is 269 g/mol. The summed E-state index contributed by atoms with van der Waals surface area (Å²) in [7, 11) is 0. The normalized spacial score (nSPS) is 28.8. The number of carboxylic acid groups (broad SMARTS) is 1. The van der Waals surface area contributed by atoms with Gasteiger partial charge < -0.3 is 15.2 Å². The highest BCUT2D eigenvalue weighted by Gasteiger charge is 2.39. The third-order valence-electron chi connectivity index (χ3n) is 4.21. The Labute approximate surface area is 113 Å². The third-order valence-corrected chi connectivity index (χ3v) is 4.21. The maximum Gasteiger partial charge on any atom is 0.305 e. The van der Waals surface area contributed by atoms with Gasteiger partial charge in [0, 0.05) is 12.5 Å². The van der Waals surface area contributed by atoms with E-state index in [2.05, 4.69) is 5.32 Å². The number of aliphatic carboxylic acids is 1. The van der Waals surface area contributed by atoms with Crippen LogP contribution in [-0.2, 0) is 14.3 Å². The number of carboxylic acids is 1. The molecule has 0 radical (unpaired) electrons. The molecule has 1 saturated heterocycles. The first kappa shape index (κ1) is 14.3. The van der Waals surface area contributed by atoms with Crippen molar-refractivity contribution in [2.45, 2.75) is 56.9 Å². The van der Waals surface area contributed by atoms with Crippen LogP contribution in [0.5, 0.6) is 0 Å². The van der Waals surface area contributed by atoms with Gasteiger partial charge in [-0.15, -0.1) is 0 Å². The Morgan fingerprint density at radius 2 is 1.89 bits per heavy atom. The van der Waals surface area contributed by atoms with Crippen LogP contribution in [0.15, 0.2) is 0 Å². The molecule has 0 spiro atoms. The maximum atomic E-state index is 12.3. The van der Waals surface area contributed by atoms with Crippen LogP contribution in [0.1, 0.15) is 51.4 Å². The fourth-order valence-electron chi connectivity index (χ4n) is 3.08. The van der Waals surface area contributed by atoms with Crippen LogP contribution < -0.4 is 5.32 Å². The van der Waals surface area contributed by atoms with E-state index in [9.17, 15) is 9.59 Å². The molecule has 0 aromatic carbocycles. The Hall–Kier alpha value is -1.10. The fourth-order valence-corrected chi connectivity index (χ4v) is 3.08. The average Bonchev–Trinajstić information content (AvgIpc) is 2.65. The van der Waals surface area contributed by atoms with Crippen LogP contribution >= 0.6 is 0 Å². The smallest absolute Gasteiger partial charge is 0.305 e.